The second-order valence-electron chi connectivity index (χ2n) is 6.79. The van der Waals surface area contributed by atoms with Crippen LogP contribution in [0.25, 0.3) is 0 Å². The average Bonchev–Trinajstić information content (AvgIpc) is 2.66. The first kappa shape index (κ1) is 21.1. The van der Waals surface area contributed by atoms with Crippen molar-refractivity contribution < 1.29 is 13.2 Å². The fraction of sp³-hybridized carbons (Fsp3) is 0.381. The Morgan fingerprint density at radius 2 is 1.78 bits per heavy atom. The van der Waals surface area contributed by atoms with Crippen molar-refractivity contribution in [3.05, 3.63) is 65.7 Å². The maximum absolute atomic E-state index is 13.0. The van der Waals surface area contributed by atoms with Crippen molar-refractivity contribution in [3.8, 4) is 0 Å². The molecule has 146 valence electrons. The van der Waals surface area contributed by atoms with E-state index in [1.807, 2.05) is 51.1 Å². The Morgan fingerprint density at radius 3 is 2.41 bits per heavy atom. The standard InChI is InChI=1S/C21H28N2O3S/c1-4-5-14-22-27(25,26)20-13-9-12-19(15-20)21(24)23(17(2)3)16-18-10-7-6-8-11-18/h6-13,15,17,22H,4-5,14,16H2,1-3H3. The topological polar surface area (TPSA) is 66.5 Å². The molecule has 0 saturated carbocycles. The van der Waals surface area contributed by atoms with Gasteiger partial charge in [-0.3, -0.25) is 4.79 Å². The summed E-state index contributed by atoms with van der Waals surface area (Å²) in [5.74, 6) is -0.181. The molecular formula is C21H28N2O3S. The normalized spacial score (nSPS) is 11.6. The van der Waals surface area contributed by atoms with Crippen molar-refractivity contribution in [2.75, 3.05) is 6.54 Å². The van der Waals surface area contributed by atoms with Crippen LogP contribution in [0.2, 0.25) is 0 Å². The lowest BCUT2D eigenvalue weighted by molar-refractivity contribution is 0.0690. The second kappa shape index (κ2) is 9.67. The van der Waals surface area contributed by atoms with Gasteiger partial charge in [-0.25, -0.2) is 13.1 Å². The molecule has 6 heteroatoms. The molecule has 2 aromatic rings. The summed E-state index contributed by atoms with van der Waals surface area (Å²) in [6.07, 6.45) is 1.68. The molecule has 0 bridgehead atoms. The molecule has 0 heterocycles. The van der Waals surface area contributed by atoms with Gasteiger partial charge in [0.2, 0.25) is 10.0 Å². The van der Waals surface area contributed by atoms with Gasteiger partial charge in [0.1, 0.15) is 0 Å². The number of nitrogens with zero attached hydrogens (tertiary/aromatic N) is 1. The first-order valence-electron chi connectivity index (χ1n) is 9.29. The van der Waals surface area contributed by atoms with Crippen molar-refractivity contribution in [2.24, 2.45) is 0 Å². The van der Waals surface area contributed by atoms with Crippen LogP contribution in [0.4, 0.5) is 0 Å². The van der Waals surface area contributed by atoms with Crippen LogP contribution in [-0.4, -0.2) is 31.8 Å². The summed E-state index contributed by atoms with van der Waals surface area (Å²) in [4.78, 5) is 14.9. The largest absolute Gasteiger partial charge is 0.332 e. The number of sulfonamides is 1. The molecule has 0 spiro atoms. The summed E-state index contributed by atoms with van der Waals surface area (Å²) in [7, 11) is -3.61. The zero-order valence-corrected chi connectivity index (χ0v) is 17.0. The second-order valence-corrected chi connectivity index (χ2v) is 8.56. The number of amides is 1. The summed E-state index contributed by atoms with van der Waals surface area (Å²) in [5, 5.41) is 0. The Morgan fingerprint density at radius 1 is 1.07 bits per heavy atom. The van der Waals surface area contributed by atoms with E-state index < -0.39 is 10.0 Å². The Hall–Kier alpha value is -2.18. The predicted octanol–water partition coefficient (Wildman–Crippen LogP) is 3.82. The minimum absolute atomic E-state index is 0.0133. The summed E-state index contributed by atoms with van der Waals surface area (Å²) in [5.41, 5.74) is 1.41. The SMILES string of the molecule is CCCCNS(=O)(=O)c1cccc(C(=O)N(Cc2ccccc2)C(C)C)c1. The van der Waals surface area contributed by atoms with Gasteiger partial charge in [0, 0.05) is 24.7 Å². The summed E-state index contributed by atoms with van der Waals surface area (Å²) in [6, 6.07) is 16.0. The van der Waals surface area contributed by atoms with E-state index >= 15 is 0 Å². The molecule has 0 aliphatic carbocycles. The molecule has 0 radical (unpaired) electrons. The lowest BCUT2D eigenvalue weighted by Gasteiger charge is -2.27. The highest BCUT2D eigenvalue weighted by Crippen LogP contribution is 2.17. The van der Waals surface area contributed by atoms with Gasteiger partial charge in [0.25, 0.3) is 5.91 Å². The molecule has 1 N–H and O–H groups in total. The molecule has 0 aliphatic rings. The number of carbonyl (C=O) groups is 1. The van der Waals surface area contributed by atoms with E-state index in [4.69, 9.17) is 0 Å². The molecule has 5 nitrogen and oxygen atoms in total. The highest BCUT2D eigenvalue weighted by Gasteiger charge is 2.21. The lowest BCUT2D eigenvalue weighted by atomic mass is 10.1. The zero-order chi connectivity index (χ0) is 19.9. The highest BCUT2D eigenvalue weighted by molar-refractivity contribution is 7.89. The number of hydrogen-bond acceptors (Lipinski definition) is 3. The molecule has 0 aliphatic heterocycles. The van der Waals surface area contributed by atoms with E-state index in [9.17, 15) is 13.2 Å². The van der Waals surface area contributed by atoms with E-state index in [-0.39, 0.29) is 16.8 Å². The van der Waals surface area contributed by atoms with Crippen molar-refractivity contribution in [1.82, 2.24) is 9.62 Å². The van der Waals surface area contributed by atoms with Crippen LogP contribution in [0.1, 0.15) is 49.5 Å². The average molecular weight is 389 g/mol. The third-order valence-corrected chi connectivity index (χ3v) is 5.75. The molecule has 0 aromatic heterocycles. The van der Waals surface area contributed by atoms with E-state index in [0.717, 1.165) is 18.4 Å². The minimum atomic E-state index is -3.61. The van der Waals surface area contributed by atoms with E-state index in [1.54, 1.807) is 17.0 Å². The van der Waals surface area contributed by atoms with Gasteiger partial charge in [0.05, 0.1) is 4.90 Å². The number of unbranched alkanes of at least 4 members (excludes halogenated alkanes) is 1. The van der Waals surface area contributed by atoms with Crippen molar-refractivity contribution >= 4 is 15.9 Å². The highest BCUT2D eigenvalue weighted by atomic mass is 32.2. The first-order valence-corrected chi connectivity index (χ1v) is 10.8. The third kappa shape index (κ3) is 5.91. The molecule has 0 atom stereocenters. The summed E-state index contributed by atoms with van der Waals surface area (Å²) < 4.78 is 27.5. The smallest absolute Gasteiger partial charge is 0.254 e. The molecule has 1 amide bonds. The number of nitrogens with one attached hydrogen (secondary N) is 1. The van der Waals surface area contributed by atoms with Gasteiger partial charge in [0.15, 0.2) is 0 Å². The number of rotatable bonds is 9. The lowest BCUT2D eigenvalue weighted by Crippen LogP contribution is -2.36. The maximum atomic E-state index is 13.0. The first-order chi connectivity index (χ1) is 12.8. The van der Waals surface area contributed by atoms with Crippen molar-refractivity contribution in [1.29, 1.82) is 0 Å². The van der Waals surface area contributed by atoms with Gasteiger partial charge in [-0.05, 0) is 44.0 Å². The van der Waals surface area contributed by atoms with Gasteiger partial charge >= 0.3 is 0 Å². The van der Waals surface area contributed by atoms with Crippen molar-refractivity contribution in [2.45, 2.75) is 51.1 Å². The molecule has 0 fully saturated rings. The maximum Gasteiger partial charge on any atom is 0.254 e. The van der Waals surface area contributed by atoms with Crippen LogP contribution in [0, 0.1) is 0 Å². The summed E-state index contributed by atoms with van der Waals surface area (Å²) >= 11 is 0. The van der Waals surface area contributed by atoms with Crippen LogP contribution in [-0.2, 0) is 16.6 Å². The van der Waals surface area contributed by atoms with Crippen molar-refractivity contribution in [3.63, 3.8) is 0 Å². The molecule has 2 rings (SSSR count). The molecule has 0 saturated heterocycles. The fourth-order valence-electron chi connectivity index (χ4n) is 2.70. The fourth-order valence-corrected chi connectivity index (χ4v) is 3.82. The minimum Gasteiger partial charge on any atom is -0.332 e. The quantitative estimate of drug-likeness (QED) is 0.664. The zero-order valence-electron chi connectivity index (χ0n) is 16.2. The molecule has 27 heavy (non-hydrogen) atoms. The van der Waals surface area contributed by atoms with Gasteiger partial charge < -0.3 is 4.90 Å². The van der Waals surface area contributed by atoms with Gasteiger partial charge in [-0.15, -0.1) is 0 Å². The van der Waals surface area contributed by atoms with Crippen LogP contribution in [0.15, 0.2) is 59.5 Å². The summed E-state index contributed by atoms with van der Waals surface area (Å²) in [6.45, 7) is 6.77. The number of carbonyl (C=O) groups excluding carboxylic acids is 1. The van der Waals surface area contributed by atoms with Crippen LogP contribution < -0.4 is 4.72 Å². The Labute approximate surface area is 162 Å². The van der Waals surface area contributed by atoms with Crippen LogP contribution >= 0.6 is 0 Å². The Kier molecular flexibility index (Phi) is 7.56. The van der Waals surface area contributed by atoms with Gasteiger partial charge in [-0.2, -0.15) is 0 Å². The third-order valence-electron chi connectivity index (χ3n) is 4.29. The van der Waals surface area contributed by atoms with Crippen LogP contribution in [0.3, 0.4) is 0 Å². The Bertz CT molecular complexity index is 849. The van der Waals surface area contributed by atoms with Gasteiger partial charge in [-0.1, -0.05) is 49.7 Å². The molecular weight excluding hydrogens is 360 g/mol. The Balaban J connectivity index is 2.24. The molecule has 0 unspecified atom stereocenters. The van der Waals surface area contributed by atoms with Crippen LogP contribution in [0.5, 0.6) is 0 Å². The number of hydrogen-bond donors (Lipinski definition) is 1. The predicted molar refractivity (Wildman–Crippen MR) is 108 cm³/mol. The van der Waals surface area contributed by atoms with E-state index in [0.29, 0.717) is 18.7 Å². The molecule has 2 aromatic carbocycles. The van der Waals surface area contributed by atoms with E-state index in [2.05, 4.69) is 4.72 Å². The van der Waals surface area contributed by atoms with E-state index in [1.165, 1.54) is 12.1 Å². The monoisotopic (exact) mass is 388 g/mol. The number of benzene rings is 2.